The van der Waals surface area contributed by atoms with Crippen LogP contribution in [0.4, 0.5) is 0 Å². The summed E-state index contributed by atoms with van der Waals surface area (Å²) in [6.45, 7) is 4.81. The average Bonchev–Trinajstić information content (AvgIpc) is 3.16. The van der Waals surface area contributed by atoms with Gasteiger partial charge in [0.05, 0.1) is 11.1 Å². The first kappa shape index (κ1) is 23.5. The van der Waals surface area contributed by atoms with Gasteiger partial charge in [0.25, 0.3) is 0 Å². The van der Waals surface area contributed by atoms with E-state index in [-0.39, 0.29) is 5.70 Å². The molecule has 0 fully saturated rings. The van der Waals surface area contributed by atoms with E-state index in [1.807, 2.05) is 74.5 Å². The first-order chi connectivity index (χ1) is 15.9. The van der Waals surface area contributed by atoms with E-state index in [0.717, 1.165) is 30.3 Å². The van der Waals surface area contributed by atoms with Crippen LogP contribution in [0.1, 0.15) is 29.2 Å². The van der Waals surface area contributed by atoms with Gasteiger partial charge in [-0.15, -0.1) is 0 Å². The highest BCUT2D eigenvalue weighted by molar-refractivity contribution is 14.1. The van der Waals surface area contributed by atoms with E-state index < -0.39 is 5.97 Å². The van der Waals surface area contributed by atoms with Crippen LogP contribution in [0.3, 0.4) is 0 Å². The van der Waals surface area contributed by atoms with Crippen LogP contribution < -0.4 is 9.47 Å². The number of esters is 1. The Hall–Kier alpha value is -2.65. The third kappa shape index (κ3) is 5.65. The summed E-state index contributed by atoms with van der Waals surface area (Å²) in [6.07, 6.45) is 1.68. The molecule has 0 spiro atoms. The number of ether oxygens (including phenoxy) is 3. The highest BCUT2D eigenvalue weighted by Gasteiger charge is 2.25. The van der Waals surface area contributed by atoms with Gasteiger partial charge in [-0.3, -0.25) is 0 Å². The van der Waals surface area contributed by atoms with Crippen LogP contribution in [0.15, 0.2) is 75.8 Å². The Morgan fingerprint density at radius 2 is 1.88 bits per heavy atom. The zero-order valence-electron chi connectivity index (χ0n) is 18.1. The number of rotatable bonds is 7. The SMILES string of the molecule is CCOc1cc(/C=C2\N=C(c3ccc(I)c(C)c3)OC2=O)cc(Br)c1OCc1ccccc1. The molecule has 1 aliphatic heterocycles. The topological polar surface area (TPSA) is 57.1 Å². The Morgan fingerprint density at radius 1 is 1.09 bits per heavy atom. The smallest absolute Gasteiger partial charge is 0.363 e. The van der Waals surface area contributed by atoms with E-state index in [1.165, 1.54) is 0 Å². The number of carbonyl (C=O) groups is 1. The summed E-state index contributed by atoms with van der Waals surface area (Å²) in [7, 11) is 0. The molecule has 33 heavy (non-hydrogen) atoms. The molecule has 1 heterocycles. The number of halogens is 2. The highest BCUT2D eigenvalue weighted by atomic mass is 127. The summed E-state index contributed by atoms with van der Waals surface area (Å²) in [5, 5.41) is 0. The Bertz CT molecular complexity index is 1250. The van der Waals surface area contributed by atoms with Crippen LogP contribution in [0, 0.1) is 10.5 Å². The lowest BCUT2D eigenvalue weighted by Gasteiger charge is -2.15. The molecule has 0 N–H and O–H groups in total. The van der Waals surface area contributed by atoms with Crippen molar-refractivity contribution in [3.63, 3.8) is 0 Å². The zero-order valence-corrected chi connectivity index (χ0v) is 21.8. The molecule has 0 atom stereocenters. The number of hydrogen-bond acceptors (Lipinski definition) is 5. The lowest BCUT2D eigenvalue weighted by Crippen LogP contribution is -2.05. The quantitative estimate of drug-likeness (QED) is 0.169. The number of hydrogen-bond donors (Lipinski definition) is 0. The fraction of sp³-hybridized carbons (Fsp3) is 0.154. The van der Waals surface area contributed by atoms with Crippen molar-refractivity contribution >= 4 is 56.5 Å². The summed E-state index contributed by atoms with van der Waals surface area (Å²) in [5.41, 5.74) is 3.90. The van der Waals surface area contributed by atoms with Gasteiger partial charge in [-0.1, -0.05) is 30.3 Å². The summed E-state index contributed by atoms with van der Waals surface area (Å²) in [4.78, 5) is 16.9. The van der Waals surface area contributed by atoms with Gasteiger partial charge in [-0.25, -0.2) is 9.79 Å². The Balaban J connectivity index is 1.62. The van der Waals surface area contributed by atoms with E-state index >= 15 is 0 Å². The van der Waals surface area contributed by atoms with Crippen LogP contribution in [-0.2, 0) is 16.1 Å². The predicted octanol–water partition coefficient (Wildman–Crippen LogP) is 6.68. The number of benzene rings is 3. The molecule has 0 aromatic heterocycles. The Kier molecular flexibility index (Phi) is 7.49. The van der Waals surface area contributed by atoms with Crippen LogP contribution in [0.5, 0.6) is 11.5 Å². The third-order valence-electron chi connectivity index (χ3n) is 4.89. The van der Waals surface area contributed by atoms with Crippen molar-refractivity contribution in [2.24, 2.45) is 4.99 Å². The molecule has 0 bridgehead atoms. The van der Waals surface area contributed by atoms with Gasteiger partial charge in [0.1, 0.15) is 6.61 Å². The first-order valence-corrected chi connectivity index (χ1v) is 12.2. The summed E-state index contributed by atoms with van der Waals surface area (Å²) in [6, 6.07) is 19.4. The summed E-state index contributed by atoms with van der Waals surface area (Å²) >= 11 is 5.85. The second-order valence-corrected chi connectivity index (χ2v) is 9.35. The maximum atomic E-state index is 12.5. The average molecular weight is 618 g/mol. The molecular weight excluding hydrogens is 597 g/mol. The Labute approximate surface area is 214 Å². The number of aryl methyl sites for hydroxylation is 1. The van der Waals surface area contributed by atoms with Gasteiger partial charge in [-0.2, -0.15) is 0 Å². The van der Waals surface area contributed by atoms with Crippen molar-refractivity contribution in [3.05, 3.63) is 96.7 Å². The van der Waals surface area contributed by atoms with E-state index in [0.29, 0.717) is 30.6 Å². The van der Waals surface area contributed by atoms with Crippen molar-refractivity contribution in [2.75, 3.05) is 6.61 Å². The van der Waals surface area contributed by atoms with Crippen LogP contribution in [0.2, 0.25) is 0 Å². The van der Waals surface area contributed by atoms with E-state index in [4.69, 9.17) is 14.2 Å². The second kappa shape index (κ2) is 10.5. The lowest BCUT2D eigenvalue weighted by atomic mass is 10.1. The van der Waals surface area contributed by atoms with Crippen LogP contribution in [0.25, 0.3) is 6.08 Å². The second-order valence-electron chi connectivity index (χ2n) is 7.34. The summed E-state index contributed by atoms with van der Waals surface area (Å²) in [5.74, 6) is 1.01. The van der Waals surface area contributed by atoms with E-state index in [2.05, 4.69) is 43.5 Å². The molecule has 0 amide bonds. The van der Waals surface area contributed by atoms with E-state index in [9.17, 15) is 4.79 Å². The molecule has 1 aliphatic rings. The molecule has 7 heteroatoms. The largest absolute Gasteiger partial charge is 0.490 e. The monoisotopic (exact) mass is 617 g/mol. The molecule has 0 saturated carbocycles. The van der Waals surface area contributed by atoms with Crippen molar-refractivity contribution in [3.8, 4) is 11.5 Å². The molecule has 0 aliphatic carbocycles. The fourth-order valence-corrected chi connectivity index (χ4v) is 4.18. The molecule has 5 nitrogen and oxygen atoms in total. The Morgan fingerprint density at radius 3 is 2.61 bits per heavy atom. The molecule has 3 aromatic carbocycles. The van der Waals surface area contributed by atoms with Crippen LogP contribution in [-0.4, -0.2) is 18.5 Å². The van der Waals surface area contributed by atoms with Crippen LogP contribution >= 0.6 is 38.5 Å². The van der Waals surface area contributed by atoms with Gasteiger partial charge in [0.2, 0.25) is 5.90 Å². The van der Waals surface area contributed by atoms with Gasteiger partial charge < -0.3 is 14.2 Å². The van der Waals surface area contributed by atoms with Crippen molar-refractivity contribution in [1.82, 2.24) is 0 Å². The molecular formula is C26H21BrINO4. The highest BCUT2D eigenvalue weighted by Crippen LogP contribution is 2.38. The lowest BCUT2D eigenvalue weighted by molar-refractivity contribution is -0.129. The van der Waals surface area contributed by atoms with Crippen molar-refractivity contribution in [1.29, 1.82) is 0 Å². The fourth-order valence-electron chi connectivity index (χ4n) is 3.27. The number of carbonyl (C=O) groups excluding carboxylic acids is 1. The molecule has 4 rings (SSSR count). The van der Waals surface area contributed by atoms with Gasteiger partial charge in [0.15, 0.2) is 17.2 Å². The van der Waals surface area contributed by atoms with Gasteiger partial charge in [0, 0.05) is 9.13 Å². The predicted molar refractivity (Wildman–Crippen MR) is 141 cm³/mol. The minimum Gasteiger partial charge on any atom is -0.490 e. The third-order valence-corrected chi connectivity index (χ3v) is 6.69. The minimum absolute atomic E-state index is 0.230. The minimum atomic E-state index is -0.486. The molecule has 0 radical (unpaired) electrons. The normalized spacial score (nSPS) is 14.2. The van der Waals surface area contributed by atoms with Gasteiger partial charge in [-0.05, 0) is 105 Å². The molecule has 0 saturated heterocycles. The number of aliphatic imine (C=N–C) groups is 1. The molecule has 168 valence electrons. The van der Waals surface area contributed by atoms with Crippen molar-refractivity contribution < 1.29 is 19.0 Å². The first-order valence-electron chi connectivity index (χ1n) is 10.4. The van der Waals surface area contributed by atoms with Crippen molar-refractivity contribution in [2.45, 2.75) is 20.5 Å². The van der Waals surface area contributed by atoms with Gasteiger partial charge >= 0.3 is 5.97 Å². The maximum absolute atomic E-state index is 12.5. The standard InChI is InChI=1S/C26H21BrINO4/c1-3-31-23-14-18(12-20(27)24(23)32-15-17-7-5-4-6-8-17)13-22-26(30)33-25(29-22)19-9-10-21(28)16(2)11-19/h4-14H,3,15H2,1-2H3/b22-13-. The molecule has 3 aromatic rings. The zero-order chi connectivity index (χ0) is 23.4. The number of cyclic esters (lactones) is 1. The van der Waals surface area contributed by atoms with E-state index in [1.54, 1.807) is 6.08 Å². The maximum Gasteiger partial charge on any atom is 0.363 e. The molecule has 0 unspecified atom stereocenters. The summed E-state index contributed by atoms with van der Waals surface area (Å²) < 4.78 is 19.1. The number of nitrogens with zero attached hydrogens (tertiary/aromatic N) is 1.